The van der Waals surface area contributed by atoms with Gasteiger partial charge in [0.25, 0.3) is 6.43 Å². The van der Waals surface area contributed by atoms with Crippen molar-refractivity contribution in [1.29, 1.82) is 0 Å². The Kier molecular flexibility index (Phi) is 4.78. The summed E-state index contributed by atoms with van der Waals surface area (Å²) in [6, 6.07) is 5.07. The van der Waals surface area contributed by atoms with Gasteiger partial charge >= 0.3 is 5.97 Å². The van der Waals surface area contributed by atoms with E-state index >= 15 is 0 Å². The fourth-order valence-electron chi connectivity index (χ4n) is 1.83. The largest absolute Gasteiger partial charge is 0.481 e. The molecular weight excluding hydrogens is 242 g/mol. The molecule has 0 aliphatic rings. The first-order valence-corrected chi connectivity index (χ1v) is 5.63. The summed E-state index contributed by atoms with van der Waals surface area (Å²) in [6.45, 7) is 3.38. The maximum atomic E-state index is 12.4. The molecule has 5 heteroatoms. The van der Waals surface area contributed by atoms with Gasteiger partial charge < -0.3 is 10.2 Å². The molecule has 2 unspecified atom stereocenters. The molecule has 1 aromatic carbocycles. The van der Waals surface area contributed by atoms with Crippen molar-refractivity contribution in [3.05, 3.63) is 35.4 Å². The summed E-state index contributed by atoms with van der Waals surface area (Å²) in [4.78, 5) is 11.1. The summed E-state index contributed by atoms with van der Waals surface area (Å²) in [6.07, 6.45) is -3.77. The number of carboxylic acid groups (broad SMARTS) is 1. The van der Waals surface area contributed by atoms with Crippen molar-refractivity contribution >= 4 is 5.97 Å². The number of halogens is 2. The summed E-state index contributed by atoms with van der Waals surface area (Å²) < 4.78 is 24.7. The van der Waals surface area contributed by atoms with Gasteiger partial charge in [-0.05, 0) is 11.5 Å². The lowest BCUT2D eigenvalue weighted by molar-refractivity contribution is -0.148. The Morgan fingerprint density at radius 1 is 1.11 bits per heavy atom. The molecule has 0 saturated heterocycles. The van der Waals surface area contributed by atoms with Gasteiger partial charge in [0.05, 0.1) is 12.0 Å². The summed E-state index contributed by atoms with van der Waals surface area (Å²) in [5.74, 6) is -2.31. The topological polar surface area (TPSA) is 57.5 Å². The number of rotatable bonds is 5. The maximum absolute atomic E-state index is 12.4. The van der Waals surface area contributed by atoms with E-state index in [1.165, 1.54) is 24.3 Å². The van der Waals surface area contributed by atoms with Crippen LogP contribution in [0.3, 0.4) is 0 Å². The van der Waals surface area contributed by atoms with E-state index in [1.807, 2.05) is 0 Å². The molecule has 100 valence electrons. The van der Waals surface area contributed by atoms with Crippen LogP contribution in [0.15, 0.2) is 24.3 Å². The zero-order valence-electron chi connectivity index (χ0n) is 10.2. The van der Waals surface area contributed by atoms with Gasteiger partial charge in [0.1, 0.15) is 0 Å². The SMILES string of the molecule is CC(C)C(C(=O)O)C(O)c1ccc(C(F)F)cc1. The lowest BCUT2D eigenvalue weighted by atomic mass is 9.86. The predicted molar refractivity (Wildman–Crippen MR) is 62.3 cm³/mol. The van der Waals surface area contributed by atoms with E-state index in [0.29, 0.717) is 5.56 Å². The minimum atomic E-state index is -2.57. The Hall–Kier alpha value is -1.49. The van der Waals surface area contributed by atoms with E-state index in [9.17, 15) is 18.7 Å². The lowest BCUT2D eigenvalue weighted by Crippen LogP contribution is -2.26. The highest BCUT2D eigenvalue weighted by Crippen LogP contribution is 2.29. The summed E-state index contributed by atoms with van der Waals surface area (Å²) in [5.41, 5.74) is 0.183. The molecule has 18 heavy (non-hydrogen) atoms. The molecule has 2 N–H and O–H groups in total. The molecular formula is C13H16F2O3. The van der Waals surface area contributed by atoms with Crippen LogP contribution in [-0.2, 0) is 4.79 Å². The molecule has 0 fully saturated rings. The number of benzene rings is 1. The van der Waals surface area contributed by atoms with Crippen LogP contribution in [0.25, 0.3) is 0 Å². The van der Waals surface area contributed by atoms with E-state index in [0.717, 1.165) is 0 Å². The van der Waals surface area contributed by atoms with Gasteiger partial charge in [-0.1, -0.05) is 38.1 Å². The molecule has 0 amide bonds. The van der Waals surface area contributed by atoms with E-state index in [-0.39, 0.29) is 11.5 Å². The Morgan fingerprint density at radius 3 is 1.89 bits per heavy atom. The average Bonchev–Trinajstić information content (AvgIpc) is 2.28. The minimum Gasteiger partial charge on any atom is -0.481 e. The number of carboxylic acids is 1. The van der Waals surface area contributed by atoms with Crippen LogP contribution in [0.2, 0.25) is 0 Å². The highest BCUT2D eigenvalue weighted by Gasteiger charge is 2.30. The zero-order chi connectivity index (χ0) is 13.9. The molecule has 0 saturated carbocycles. The summed E-state index contributed by atoms with van der Waals surface area (Å²) in [7, 11) is 0. The number of aliphatic hydroxyl groups excluding tert-OH is 1. The van der Waals surface area contributed by atoms with Crippen molar-refractivity contribution in [2.75, 3.05) is 0 Å². The quantitative estimate of drug-likeness (QED) is 0.853. The van der Waals surface area contributed by atoms with Crippen LogP contribution >= 0.6 is 0 Å². The molecule has 3 nitrogen and oxygen atoms in total. The molecule has 0 aliphatic heterocycles. The predicted octanol–water partition coefficient (Wildman–Crippen LogP) is 3.01. The molecule has 0 aliphatic carbocycles. The molecule has 0 heterocycles. The minimum absolute atomic E-state index is 0.151. The number of carbonyl (C=O) groups is 1. The molecule has 1 rings (SSSR count). The number of hydrogen-bond acceptors (Lipinski definition) is 2. The van der Waals surface area contributed by atoms with Crippen LogP contribution in [0.1, 0.15) is 37.5 Å². The standard InChI is InChI=1S/C13H16F2O3/c1-7(2)10(13(17)18)11(16)8-3-5-9(6-4-8)12(14)15/h3-7,10-12,16H,1-2H3,(H,17,18). The summed E-state index contributed by atoms with van der Waals surface area (Å²) in [5, 5.41) is 19.0. The Balaban J connectivity index is 2.95. The van der Waals surface area contributed by atoms with Crippen LogP contribution in [0.4, 0.5) is 8.78 Å². The number of aliphatic hydroxyl groups is 1. The third-order valence-electron chi connectivity index (χ3n) is 2.87. The van der Waals surface area contributed by atoms with Crippen LogP contribution in [0.5, 0.6) is 0 Å². The van der Waals surface area contributed by atoms with Crippen molar-refractivity contribution < 1.29 is 23.8 Å². The van der Waals surface area contributed by atoms with Crippen molar-refractivity contribution in [1.82, 2.24) is 0 Å². The monoisotopic (exact) mass is 258 g/mol. The van der Waals surface area contributed by atoms with Crippen molar-refractivity contribution in [2.24, 2.45) is 11.8 Å². The van der Waals surface area contributed by atoms with E-state index in [1.54, 1.807) is 13.8 Å². The first-order chi connectivity index (χ1) is 8.34. The number of hydrogen-bond donors (Lipinski definition) is 2. The Bertz CT molecular complexity index is 401. The van der Waals surface area contributed by atoms with Crippen LogP contribution in [0, 0.1) is 11.8 Å². The second kappa shape index (κ2) is 5.91. The second-order valence-corrected chi connectivity index (χ2v) is 4.52. The third kappa shape index (κ3) is 3.26. The van der Waals surface area contributed by atoms with E-state index in [2.05, 4.69) is 0 Å². The van der Waals surface area contributed by atoms with Gasteiger partial charge in [0.15, 0.2) is 0 Å². The second-order valence-electron chi connectivity index (χ2n) is 4.52. The lowest BCUT2D eigenvalue weighted by Gasteiger charge is -2.22. The highest BCUT2D eigenvalue weighted by atomic mass is 19.3. The first kappa shape index (κ1) is 14.6. The molecule has 0 aromatic heterocycles. The molecule has 0 radical (unpaired) electrons. The van der Waals surface area contributed by atoms with Gasteiger partial charge in [0.2, 0.25) is 0 Å². The average molecular weight is 258 g/mol. The normalized spacial score (nSPS) is 14.8. The van der Waals surface area contributed by atoms with E-state index < -0.39 is 24.4 Å². The van der Waals surface area contributed by atoms with Crippen molar-refractivity contribution in [2.45, 2.75) is 26.4 Å². The van der Waals surface area contributed by atoms with Crippen molar-refractivity contribution in [3.8, 4) is 0 Å². The fourth-order valence-corrected chi connectivity index (χ4v) is 1.83. The Labute approximate surface area is 104 Å². The number of aliphatic carboxylic acids is 1. The summed E-state index contributed by atoms with van der Waals surface area (Å²) >= 11 is 0. The Morgan fingerprint density at radius 2 is 1.56 bits per heavy atom. The van der Waals surface area contributed by atoms with Gasteiger partial charge in [-0.3, -0.25) is 4.79 Å². The molecule has 0 spiro atoms. The van der Waals surface area contributed by atoms with Gasteiger partial charge in [-0.15, -0.1) is 0 Å². The van der Waals surface area contributed by atoms with Gasteiger partial charge in [-0.25, -0.2) is 8.78 Å². The smallest absolute Gasteiger partial charge is 0.309 e. The first-order valence-electron chi connectivity index (χ1n) is 5.63. The third-order valence-corrected chi connectivity index (χ3v) is 2.87. The van der Waals surface area contributed by atoms with Crippen LogP contribution < -0.4 is 0 Å². The van der Waals surface area contributed by atoms with Gasteiger partial charge in [0, 0.05) is 5.56 Å². The molecule has 1 aromatic rings. The van der Waals surface area contributed by atoms with Crippen LogP contribution in [-0.4, -0.2) is 16.2 Å². The fraction of sp³-hybridized carbons (Fsp3) is 0.462. The zero-order valence-corrected chi connectivity index (χ0v) is 10.2. The molecule has 2 atom stereocenters. The van der Waals surface area contributed by atoms with Crippen molar-refractivity contribution in [3.63, 3.8) is 0 Å². The molecule has 0 bridgehead atoms. The highest BCUT2D eigenvalue weighted by molar-refractivity contribution is 5.71. The number of alkyl halides is 2. The van der Waals surface area contributed by atoms with E-state index in [4.69, 9.17) is 5.11 Å². The van der Waals surface area contributed by atoms with Gasteiger partial charge in [-0.2, -0.15) is 0 Å². The maximum Gasteiger partial charge on any atom is 0.309 e.